The minimum atomic E-state index is -0.190. The number of benzene rings is 1. The van der Waals surface area contributed by atoms with Gasteiger partial charge in [-0.05, 0) is 38.1 Å². The van der Waals surface area contributed by atoms with Gasteiger partial charge in [0.25, 0.3) is 5.91 Å². The summed E-state index contributed by atoms with van der Waals surface area (Å²) in [6, 6.07) is 10.7. The largest absolute Gasteiger partial charge is 0.460 e. The van der Waals surface area contributed by atoms with Crippen LogP contribution in [0.25, 0.3) is 11.0 Å². The van der Waals surface area contributed by atoms with E-state index in [0.29, 0.717) is 34.5 Å². The molecule has 0 fully saturated rings. The van der Waals surface area contributed by atoms with Crippen LogP contribution in [0.5, 0.6) is 11.6 Å². The summed E-state index contributed by atoms with van der Waals surface area (Å²) in [4.78, 5) is 25.0. The van der Waals surface area contributed by atoms with Gasteiger partial charge >= 0.3 is 0 Å². The number of nitrogens with zero attached hydrogens (tertiary/aromatic N) is 3. The van der Waals surface area contributed by atoms with Crippen LogP contribution >= 0.6 is 0 Å². The zero-order valence-corrected chi connectivity index (χ0v) is 17.4. The van der Waals surface area contributed by atoms with Gasteiger partial charge in [-0.1, -0.05) is 0 Å². The van der Waals surface area contributed by atoms with Crippen LogP contribution in [0.15, 0.2) is 53.2 Å². The highest BCUT2D eigenvalue weighted by Gasteiger charge is 2.17. The van der Waals surface area contributed by atoms with Gasteiger partial charge in [-0.25, -0.2) is 9.97 Å². The Morgan fingerprint density at radius 3 is 2.77 bits per heavy atom. The Labute approximate surface area is 178 Å². The number of hydrogen-bond acceptors (Lipinski definition) is 8. The molecule has 31 heavy (non-hydrogen) atoms. The van der Waals surface area contributed by atoms with Gasteiger partial charge in [-0.2, -0.15) is 4.98 Å². The maximum atomic E-state index is 12.1. The number of fused-ring (bicyclic) bond motifs is 1. The van der Waals surface area contributed by atoms with Crippen LogP contribution in [-0.2, 0) is 0 Å². The van der Waals surface area contributed by atoms with Crippen molar-refractivity contribution in [3.05, 3.63) is 60.1 Å². The number of amides is 1. The summed E-state index contributed by atoms with van der Waals surface area (Å²) in [6.45, 7) is 4.57. The Kier molecular flexibility index (Phi) is 5.65. The monoisotopic (exact) mass is 418 g/mol. The van der Waals surface area contributed by atoms with Crippen molar-refractivity contribution in [2.24, 2.45) is 0 Å². The number of rotatable bonds is 7. The molecule has 0 aliphatic heterocycles. The fraction of sp³-hybridized carbons (Fsp3) is 0.182. The average Bonchev–Trinajstić information content (AvgIpc) is 3.10. The first-order chi connectivity index (χ1) is 15.1. The van der Waals surface area contributed by atoms with Crippen molar-refractivity contribution >= 4 is 34.3 Å². The normalized spacial score (nSPS) is 10.7. The number of aromatic nitrogens is 3. The van der Waals surface area contributed by atoms with Crippen LogP contribution in [-0.4, -0.2) is 34.5 Å². The van der Waals surface area contributed by atoms with Crippen molar-refractivity contribution in [2.45, 2.75) is 13.8 Å². The molecule has 0 unspecified atom stereocenters. The van der Waals surface area contributed by atoms with Gasteiger partial charge < -0.3 is 25.1 Å². The average molecular weight is 418 g/mol. The lowest BCUT2D eigenvalue weighted by Crippen LogP contribution is -2.18. The van der Waals surface area contributed by atoms with Crippen LogP contribution in [0.3, 0.4) is 0 Å². The van der Waals surface area contributed by atoms with E-state index in [0.717, 1.165) is 23.4 Å². The number of anilines is 3. The summed E-state index contributed by atoms with van der Waals surface area (Å²) in [5.41, 5.74) is 1.84. The smallest absolute Gasteiger partial charge is 0.255 e. The minimum absolute atomic E-state index is 0.190. The molecule has 0 bridgehead atoms. The predicted molar refractivity (Wildman–Crippen MR) is 118 cm³/mol. The molecular weight excluding hydrogens is 396 g/mol. The van der Waals surface area contributed by atoms with Crippen LogP contribution < -0.4 is 20.7 Å². The van der Waals surface area contributed by atoms with Crippen LogP contribution in [0.2, 0.25) is 0 Å². The van der Waals surface area contributed by atoms with Gasteiger partial charge in [0.15, 0.2) is 0 Å². The van der Waals surface area contributed by atoms with E-state index in [1.54, 1.807) is 50.6 Å². The summed E-state index contributed by atoms with van der Waals surface area (Å²) in [6.07, 6.45) is 3.30. The molecule has 0 aliphatic carbocycles. The number of carbonyl (C=O) groups is 1. The summed E-state index contributed by atoms with van der Waals surface area (Å²) in [5, 5.41) is 9.60. The van der Waals surface area contributed by atoms with Gasteiger partial charge in [0.1, 0.15) is 22.9 Å². The van der Waals surface area contributed by atoms with E-state index in [-0.39, 0.29) is 5.91 Å². The van der Waals surface area contributed by atoms with E-state index in [9.17, 15) is 4.79 Å². The van der Waals surface area contributed by atoms with Crippen molar-refractivity contribution < 1.29 is 13.9 Å². The summed E-state index contributed by atoms with van der Waals surface area (Å²) in [5.74, 6) is 2.44. The maximum absolute atomic E-state index is 12.1. The number of furan rings is 1. The van der Waals surface area contributed by atoms with Crippen molar-refractivity contribution in [1.82, 2.24) is 20.3 Å². The van der Waals surface area contributed by atoms with Crippen molar-refractivity contribution in [2.75, 3.05) is 24.2 Å². The Balaban J connectivity index is 1.52. The van der Waals surface area contributed by atoms with E-state index in [4.69, 9.17) is 9.15 Å². The number of carbonyl (C=O) groups excluding carboxylic acids is 1. The van der Waals surface area contributed by atoms with Crippen LogP contribution in [0, 0.1) is 6.92 Å². The van der Waals surface area contributed by atoms with Gasteiger partial charge in [0, 0.05) is 37.3 Å². The molecule has 4 aromatic rings. The molecule has 0 saturated heterocycles. The topological polar surface area (TPSA) is 114 Å². The van der Waals surface area contributed by atoms with Crippen molar-refractivity contribution in [3.63, 3.8) is 0 Å². The molecule has 4 rings (SSSR count). The Morgan fingerprint density at radius 2 is 2.03 bits per heavy atom. The molecule has 1 amide bonds. The molecule has 1 aromatic carbocycles. The molecule has 9 heteroatoms. The summed E-state index contributed by atoms with van der Waals surface area (Å²) < 4.78 is 11.6. The Bertz CT molecular complexity index is 1220. The van der Waals surface area contributed by atoms with Gasteiger partial charge in [0.2, 0.25) is 11.8 Å². The molecule has 3 heterocycles. The number of ether oxygens (including phenoxy) is 1. The molecule has 0 spiro atoms. The SMILES string of the molecule is CCNc1ccc(Nc2nccc(Oc3ccc4c(C(=O)NC)c(C)oc4c3)n2)cn1. The summed E-state index contributed by atoms with van der Waals surface area (Å²) >= 11 is 0. The third-order valence-corrected chi connectivity index (χ3v) is 4.52. The zero-order valence-electron chi connectivity index (χ0n) is 17.4. The molecular formula is C22H22N6O3. The second-order valence-corrected chi connectivity index (χ2v) is 6.68. The van der Waals surface area contributed by atoms with Crippen molar-refractivity contribution in [1.29, 1.82) is 0 Å². The highest BCUT2D eigenvalue weighted by molar-refractivity contribution is 6.07. The van der Waals surface area contributed by atoms with E-state index in [1.165, 1.54) is 0 Å². The second kappa shape index (κ2) is 8.70. The second-order valence-electron chi connectivity index (χ2n) is 6.68. The first-order valence-corrected chi connectivity index (χ1v) is 9.80. The number of pyridine rings is 1. The molecule has 0 atom stereocenters. The number of hydrogen-bond donors (Lipinski definition) is 3. The molecule has 3 N–H and O–H groups in total. The third kappa shape index (κ3) is 4.40. The molecule has 0 aliphatic rings. The lowest BCUT2D eigenvalue weighted by molar-refractivity contribution is 0.0963. The fourth-order valence-corrected chi connectivity index (χ4v) is 3.13. The zero-order chi connectivity index (χ0) is 21.8. The van der Waals surface area contributed by atoms with Crippen LogP contribution in [0.1, 0.15) is 23.0 Å². The fourth-order valence-electron chi connectivity index (χ4n) is 3.13. The van der Waals surface area contributed by atoms with Crippen molar-refractivity contribution in [3.8, 4) is 11.6 Å². The van der Waals surface area contributed by atoms with E-state index >= 15 is 0 Å². The lowest BCUT2D eigenvalue weighted by Gasteiger charge is -2.08. The Morgan fingerprint density at radius 1 is 1.16 bits per heavy atom. The highest BCUT2D eigenvalue weighted by atomic mass is 16.5. The number of nitrogens with one attached hydrogen (secondary N) is 3. The molecule has 9 nitrogen and oxygen atoms in total. The van der Waals surface area contributed by atoms with Gasteiger partial charge in [-0.3, -0.25) is 4.79 Å². The van der Waals surface area contributed by atoms with Gasteiger partial charge in [-0.15, -0.1) is 0 Å². The lowest BCUT2D eigenvalue weighted by atomic mass is 10.1. The van der Waals surface area contributed by atoms with E-state index in [2.05, 4.69) is 30.9 Å². The molecule has 0 radical (unpaired) electrons. The first kappa shape index (κ1) is 20.1. The van der Waals surface area contributed by atoms with Crippen LogP contribution in [0.4, 0.5) is 17.5 Å². The molecule has 0 saturated carbocycles. The van der Waals surface area contributed by atoms with E-state index in [1.807, 2.05) is 19.1 Å². The first-order valence-electron chi connectivity index (χ1n) is 9.80. The number of aryl methyl sites for hydroxylation is 1. The third-order valence-electron chi connectivity index (χ3n) is 4.52. The molecule has 158 valence electrons. The standard InChI is InChI=1S/C22H22N6O3/c1-4-24-18-8-5-14(12-26-18)27-22-25-10-9-19(28-22)31-15-6-7-16-17(11-15)30-13(2)20(16)21(29)23-3/h5-12H,4H2,1-3H3,(H,23,29)(H,24,26)(H,25,27,28). The Hall–Kier alpha value is -4.14. The minimum Gasteiger partial charge on any atom is -0.460 e. The molecule has 3 aromatic heterocycles. The maximum Gasteiger partial charge on any atom is 0.255 e. The van der Waals surface area contributed by atoms with Gasteiger partial charge in [0.05, 0.1) is 17.4 Å². The van der Waals surface area contributed by atoms with E-state index < -0.39 is 0 Å². The highest BCUT2D eigenvalue weighted by Crippen LogP contribution is 2.30. The quantitative estimate of drug-likeness (QED) is 0.408. The predicted octanol–water partition coefficient (Wildman–Crippen LogP) is 4.25. The summed E-state index contributed by atoms with van der Waals surface area (Å²) in [7, 11) is 1.59.